The number of nitrogens with zero attached hydrogens (tertiary/aromatic N) is 2. The first kappa shape index (κ1) is 30.2. The number of amides is 2. The van der Waals surface area contributed by atoms with Crippen LogP contribution >= 0.6 is 0 Å². The van der Waals surface area contributed by atoms with Crippen LogP contribution in [0, 0.1) is 5.92 Å². The number of carbonyl (C=O) groups is 2. The Morgan fingerprint density at radius 2 is 1.52 bits per heavy atom. The van der Waals surface area contributed by atoms with Gasteiger partial charge in [-0.15, -0.1) is 12.6 Å². The zero-order valence-corrected chi connectivity index (χ0v) is 25.5. The third-order valence-corrected chi connectivity index (χ3v) is 2.26. The molecule has 23 heavy (non-hydrogen) atoms. The van der Waals surface area contributed by atoms with E-state index in [2.05, 4.69) is 24.5 Å². The van der Waals surface area contributed by atoms with Crippen LogP contribution in [0.25, 0.3) is 10.6 Å². The van der Waals surface area contributed by atoms with Crippen LogP contribution in [-0.2, 0) is 19.1 Å². The van der Waals surface area contributed by atoms with Crippen molar-refractivity contribution >= 4 is 11.8 Å². The molecule has 2 amide bonds. The van der Waals surface area contributed by atoms with Crippen molar-refractivity contribution in [2.45, 2.75) is 46.6 Å². The van der Waals surface area contributed by atoms with Crippen molar-refractivity contribution in [3.63, 3.8) is 0 Å². The maximum Gasteiger partial charge on any atom is 1.00 e. The summed E-state index contributed by atoms with van der Waals surface area (Å²) in [5, 5.41) is 7.50. The number of hydrogen-bond acceptors (Lipinski definition) is 4. The molecule has 0 bridgehead atoms. The van der Waals surface area contributed by atoms with Crippen LogP contribution < -0.4 is 116 Å². The van der Waals surface area contributed by atoms with E-state index >= 15 is 0 Å². The van der Waals surface area contributed by atoms with Crippen molar-refractivity contribution in [1.29, 1.82) is 0 Å². The summed E-state index contributed by atoms with van der Waals surface area (Å²) in [5.74, 6) is -0.309. The van der Waals surface area contributed by atoms with Crippen molar-refractivity contribution in [3.8, 4) is 0 Å². The van der Waals surface area contributed by atoms with Crippen LogP contribution in [0.1, 0.15) is 40.5 Å². The van der Waals surface area contributed by atoms with Crippen LogP contribution in [0.2, 0.25) is 0 Å². The van der Waals surface area contributed by atoms with Gasteiger partial charge < -0.3 is 29.7 Å². The predicted octanol–water partition coefficient (Wildman–Crippen LogP) is -3.33. The number of rotatable bonds is 12. The van der Waals surface area contributed by atoms with Crippen LogP contribution in [0.4, 0.5) is 0 Å². The minimum absolute atomic E-state index is 0. The van der Waals surface area contributed by atoms with E-state index in [9.17, 15) is 9.59 Å². The molecule has 0 aliphatic carbocycles. The number of hydrogen-bond donors (Lipinski definition) is 0. The molecular formula is C15H28N2O4Rb2. The van der Waals surface area contributed by atoms with E-state index in [1.807, 2.05) is 0 Å². The van der Waals surface area contributed by atoms with Gasteiger partial charge in [0.2, 0.25) is 0 Å². The maximum atomic E-state index is 11.3. The van der Waals surface area contributed by atoms with Gasteiger partial charge >= 0.3 is 116 Å². The van der Waals surface area contributed by atoms with E-state index in [0.717, 1.165) is 13.0 Å². The second-order valence-electron chi connectivity index (χ2n) is 5.50. The van der Waals surface area contributed by atoms with Gasteiger partial charge in [-0.3, -0.25) is 0 Å². The van der Waals surface area contributed by atoms with Crippen molar-refractivity contribution in [1.82, 2.24) is 0 Å². The molecule has 0 heterocycles. The Labute approximate surface area is 238 Å². The average molecular weight is 471 g/mol. The zero-order valence-electron chi connectivity index (χ0n) is 15.6. The Kier molecular flexibility index (Phi) is 27.3. The minimum Gasteiger partial charge on any atom is -0.651 e. The first-order chi connectivity index (χ1) is 9.91. The number of carbonyl (C=O) groups excluding carboxylic acids is 2. The largest absolute Gasteiger partial charge is 1.00 e. The van der Waals surface area contributed by atoms with E-state index in [0.29, 0.717) is 25.7 Å². The maximum absolute atomic E-state index is 11.3. The SMILES string of the molecule is CC(C)COCCCOCC[N-]C(=O)CC(=O)[N-]C(C)C.[Rb+].[Rb+]. The topological polar surface area (TPSA) is 80.8 Å². The zero-order chi connectivity index (χ0) is 16.1. The quantitative estimate of drug-likeness (QED) is 0.221. The monoisotopic (exact) mass is 470 g/mol. The Morgan fingerprint density at radius 1 is 0.913 bits per heavy atom. The Morgan fingerprint density at radius 3 is 2.09 bits per heavy atom. The smallest absolute Gasteiger partial charge is 0.651 e. The van der Waals surface area contributed by atoms with Crippen molar-refractivity contribution in [3.05, 3.63) is 10.6 Å². The fourth-order valence-electron chi connectivity index (χ4n) is 1.44. The summed E-state index contributed by atoms with van der Waals surface area (Å²) in [6.45, 7) is 10.5. The molecule has 0 aliphatic rings. The van der Waals surface area contributed by atoms with Crippen LogP contribution in [0.15, 0.2) is 0 Å². The van der Waals surface area contributed by atoms with E-state index in [4.69, 9.17) is 9.47 Å². The summed E-state index contributed by atoms with van der Waals surface area (Å²) in [6.07, 6.45) is 0.577. The molecule has 0 aromatic carbocycles. The van der Waals surface area contributed by atoms with E-state index in [-0.39, 0.29) is 135 Å². The first-order valence-electron chi connectivity index (χ1n) is 7.51. The molecular weight excluding hydrogens is 443 g/mol. The standard InChI is InChI=1S/C15H30N2O4.2Rb/c1-12(2)11-21-8-5-7-20-9-6-16-14(18)10-15(19)17-13(3)4;;/h12-13H,5-11H2,1-4H3,(H2,16,17,18,19);;/q;2*+1/p-2. The Hall–Kier alpha value is 2.47. The molecule has 0 atom stereocenters. The summed E-state index contributed by atoms with van der Waals surface area (Å²) in [6, 6.07) is -0.0912. The van der Waals surface area contributed by atoms with Crippen LogP contribution in [-0.4, -0.2) is 50.8 Å². The van der Waals surface area contributed by atoms with Gasteiger partial charge in [0.05, 0.1) is 11.8 Å². The van der Waals surface area contributed by atoms with E-state index < -0.39 is 11.8 Å². The summed E-state index contributed by atoms with van der Waals surface area (Å²) in [5.41, 5.74) is 0. The second kappa shape index (κ2) is 20.8. The third-order valence-electron chi connectivity index (χ3n) is 2.26. The molecule has 0 rings (SSSR count). The summed E-state index contributed by atoms with van der Waals surface area (Å²) >= 11 is 0. The molecule has 0 aromatic rings. The molecule has 0 saturated heterocycles. The summed E-state index contributed by atoms with van der Waals surface area (Å²) < 4.78 is 10.7. The van der Waals surface area contributed by atoms with Gasteiger partial charge in [-0.25, -0.2) is 0 Å². The Bertz CT molecular complexity index is 303. The fraction of sp³-hybridized carbons (Fsp3) is 0.867. The molecule has 6 nitrogen and oxygen atoms in total. The van der Waals surface area contributed by atoms with E-state index in [1.165, 1.54) is 0 Å². The molecule has 8 heteroatoms. The molecule has 124 valence electrons. The van der Waals surface area contributed by atoms with Crippen LogP contribution in [0.3, 0.4) is 0 Å². The van der Waals surface area contributed by atoms with Gasteiger partial charge in [0, 0.05) is 32.8 Å². The molecule has 0 saturated carbocycles. The minimum atomic E-state index is -0.437. The van der Waals surface area contributed by atoms with Gasteiger partial charge in [0.15, 0.2) is 0 Å². The second-order valence-corrected chi connectivity index (χ2v) is 5.50. The fourth-order valence-corrected chi connectivity index (χ4v) is 1.44. The van der Waals surface area contributed by atoms with Crippen molar-refractivity contribution in [2.24, 2.45) is 5.92 Å². The van der Waals surface area contributed by atoms with Gasteiger partial charge in [0.1, 0.15) is 0 Å². The summed E-state index contributed by atoms with van der Waals surface area (Å²) in [4.78, 5) is 22.6. The first-order valence-corrected chi connectivity index (χ1v) is 7.51. The molecule has 0 aliphatic heterocycles. The molecule has 0 aromatic heterocycles. The van der Waals surface area contributed by atoms with Gasteiger partial charge in [0.25, 0.3) is 0 Å². The van der Waals surface area contributed by atoms with Gasteiger partial charge in [-0.1, -0.05) is 27.7 Å². The third kappa shape index (κ3) is 24.5. The Balaban J connectivity index is -0.00000200. The van der Waals surface area contributed by atoms with Crippen molar-refractivity contribution < 1.29 is 135 Å². The molecule has 0 N–H and O–H groups in total. The summed E-state index contributed by atoms with van der Waals surface area (Å²) in [7, 11) is 0. The van der Waals surface area contributed by atoms with Crippen LogP contribution in [0.5, 0.6) is 0 Å². The van der Waals surface area contributed by atoms with E-state index in [1.54, 1.807) is 13.8 Å². The predicted molar refractivity (Wildman–Crippen MR) is 82.4 cm³/mol. The molecule has 0 radical (unpaired) electrons. The van der Waals surface area contributed by atoms with Gasteiger partial charge in [-0.05, 0) is 12.3 Å². The van der Waals surface area contributed by atoms with Crippen molar-refractivity contribution in [2.75, 3.05) is 33.0 Å². The molecule has 0 fully saturated rings. The number of ether oxygens (including phenoxy) is 2. The average Bonchev–Trinajstić information content (AvgIpc) is 2.35. The molecule has 0 spiro atoms. The normalized spacial score (nSPS) is 10.0. The molecule has 0 unspecified atom stereocenters. The van der Waals surface area contributed by atoms with Gasteiger partial charge in [-0.2, -0.15) is 0 Å².